The maximum atomic E-state index is 11.9. The van der Waals surface area contributed by atoms with E-state index in [4.69, 9.17) is 30.9 Å². The average molecular weight is 330 g/mol. The molecule has 0 aliphatic carbocycles. The zero-order chi connectivity index (χ0) is 15.8. The van der Waals surface area contributed by atoms with Gasteiger partial charge in [0.2, 0.25) is 0 Å². The van der Waals surface area contributed by atoms with Gasteiger partial charge in [0, 0.05) is 11.6 Å². The molecule has 0 radical (unpaired) electrons. The minimum absolute atomic E-state index is 0.0439. The highest BCUT2D eigenvalue weighted by atomic mass is 35.5. The number of amides is 1. The molecule has 1 saturated heterocycles. The topological polar surface area (TPSA) is 77.0 Å². The van der Waals surface area contributed by atoms with Gasteiger partial charge in [-0.3, -0.25) is 4.79 Å². The van der Waals surface area contributed by atoms with Crippen LogP contribution in [0.3, 0.4) is 0 Å². The molecule has 0 unspecified atom stereocenters. The second-order valence-corrected chi connectivity index (χ2v) is 5.35. The van der Waals surface area contributed by atoms with Gasteiger partial charge in [-0.15, -0.1) is 0 Å². The number of ether oxygens (including phenoxy) is 3. The highest BCUT2D eigenvalue weighted by molar-refractivity contribution is 6.30. The van der Waals surface area contributed by atoms with Gasteiger partial charge in [-0.1, -0.05) is 11.6 Å². The summed E-state index contributed by atoms with van der Waals surface area (Å²) in [5.41, 5.74) is 0. The summed E-state index contributed by atoms with van der Waals surface area (Å²) in [6.45, 7) is 1.09. The minimum atomic E-state index is -0.247. The molecule has 1 aromatic rings. The normalized spacial score (nSPS) is 21.4. The SMILES string of the molecule is O=C(COc1ccc(Cl)cc1)N[C@@H]1COCC[C@@H]1OCCO. The van der Waals surface area contributed by atoms with E-state index < -0.39 is 0 Å². The first-order valence-electron chi connectivity index (χ1n) is 7.17. The minimum Gasteiger partial charge on any atom is -0.484 e. The van der Waals surface area contributed by atoms with Crippen LogP contribution in [0.5, 0.6) is 5.75 Å². The summed E-state index contributed by atoms with van der Waals surface area (Å²) in [7, 11) is 0. The van der Waals surface area contributed by atoms with Crippen LogP contribution < -0.4 is 10.1 Å². The third-order valence-electron chi connectivity index (χ3n) is 3.25. The lowest BCUT2D eigenvalue weighted by atomic mass is 10.1. The number of benzene rings is 1. The van der Waals surface area contributed by atoms with Gasteiger partial charge in [0.25, 0.3) is 5.91 Å². The van der Waals surface area contributed by atoms with Crippen molar-refractivity contribution in [3.63, 3.8) is 0 Å². The molecular formula is C15H20ClNO5. The lowest BCUT2D eigenvalue weighted by Gasteiger charge is -2.31. The van der Waals surface area contributed by atoms with Crippen molar-refractivity contribution in [2.24, 2.45) is 0 Å². The first kappa shape index (κ1) is 17.0. The molecule has 0 saturated carbocycles. The van der Waals surface area contributed by atoms with E-state index in [0.29, 0.717) is 30.4 Å². The largest absolute Gasteiger partial charge is 0.484 e. The molecule has 1 fully saturated rings. The highest BCUT2D eigenvalue weighted by Crippen LogP contribution is 2.15. The Kier molecular flexibility index (Phi) is 6.92. The Balaban J connectivity index is 1.78. The first-order chi connectivity index (χ1) is 10.7. The van der Waals surface area contributed by atoms with Crippen molar-refractivity contribution < 1.29 is 24.1 Å². The summed E-state index contributed by atoms with van der Waals surface area (Å²) in [5, 5.41) is 12.3. The molecule has 1 amide bonds. The summed E-state index contributed by atoms with van der Waals surface area (Å²) in [5.74, 6) is 0.329. The van der Waals surface area contributed by atoms with Crippen molar-refractivity contribution in [1.29, 1.82) is 0 Å². The van der Waals surface area contributed by atoms with Crippen LogP contribution in [0.4, 0.5) is 0 Å². The van der Waals surface area contributed by atoms with Gasteiger partial charge in [0.15, 0.2) is 6.61 Å². The number of carbonyl (C=O) groups is 1. The number of hydrogen-bond donors (Lipinski definition) is 2. The molecule has 0 bridgehead atoms. The molecule has 6 nitrogen and oxygen atoms in total. The lowest BCUT2D eigenvalue weighted by Crippen LogP contribution is -2.51. The Morgan fingerprint density at radius 2 is 2.18 bits per heavy atom. The third kappa shape index (κ3) is 5.46. The highest BCUT2D eigenvalue weighted by Gasteiger charge is 2.27. The van der Waals surface area contributed by atoms with Crippen LogP contribution in [-0.4, -0.2) is 56.2 Å². The van der Waals surface area contributed by atoms with Crippen LogP contribution >= 0.6 is 11.6 Å². The van der Waals surface area contributed by atoms with E-state index in [2.05, 4.69) is 5.32 Å². The molecule has 1 aromatic carbocycles. The summed E-state index contributed by atoms with van der Waals surface area (Å²) < 4.78 is 16.3. The molecule has 22 heavy (non-hydrogen) atoms. The monoisotopic (exact) mass is 329 g/mol. The maximum absolute atomic E-state index is 11.9. The fourth-order valence-electron chi connectivity index (χ4n) is 2.18. The van der Waals surface area contributed by atoms with Gasteiger partial charge in [-0.25, -0.2) is 0 Å². The molecule has 2 atom stereocenters. The number of rotatable bonds is 7. The number of halogens is 1. The van der Waals surface area contributed by atoms with Crippen LogP contribution in [0.15, 0.2) is 24.3 Å². The molecule has 2 rings (SSSR count). The number of aliphatic hydroxyl groups is 1. The maximum Gasteiger partial charge on any atom is 0.258 e. The quantitative estimate of drug-likeness (QED) is 0.780. The smallest absolute Gasteiger partial charge is 0.258 e. The van der Waals surface area contributed by atoms with Gasteiger partial charge in [0.1, 0.15) is 5.75 Å². The average Bonchev–Trinajstić information content (AvgIpc) is 2.53. The van der Waals surface area contributed by atoms with Crippen molar-refractivity contribution >= 4 is 17.5 Å². The molecule has 0 spiro atoms. The molecule has 1 aliphatic heterocycles. The number of hydrogen-bond acceptors (Lipinski definition) is 5. The standard InChI is InChI=1S/C15H20ClNO5/c16-11-1-3-12(4-2-11)22-10-15(19)17-13-9-20-7-5-14(13)21-8-6-18/h1-4,13-14,18H,5-10H2,(H,17,19)/t13-,14+/m1/s1. The van der Waals surface area contributed by atoms with Crippen LogP contribution in [0.2, 0.25) is 5.02 Å². The van der Waals surface area contributed by atoms with Crippen LogP contribution in [-0.2, 0) is 14.3 Å². The molecule has 2 N–H and O–H groups in total. The van der Waals surface area contributed by atoms with Gasteiger partial charge in [0.05, 0.1) is 32.0 Å². The van der Waals surface area contributed by atoms with Gasteiger partial charge >= 0.3 is 0 Å². The van der Waals surface area contributed by atoms with E-state index in [1.165, 1.54) is 0 Å². The number of carbonyl (C=O) groups excluding carboxylic acids is 1. The Labute approximate surface area is 134 Å². The van der Waals surface area contributed by atoms with Crippen molar-refractivity contribution in [2.75, 3.05) is 33.0 Å². The zero-order valence-corrected chi connectivity index (χ0v) is 12.9. The predicted molar refractivity (Wildman–Crippen MR) is 81.1 cm³/mol. The summed E-state index contributed by atoms with van der Waals surface area (Å²) in [6, 6.07) is 6.56. The van der Waals surface area contributed by atoms with Crippen LogP contribution in [0.1, 0.15) is 6.42 Å². The summed E-state index contributed by atoms with van der Waals surface area (Å²) in [4.78, 5) is 11.9. The molecule has 122 valence electrons. The third-order valence-corrected chi connectivity index (χ3v) is 3.50. The van der Waals surface area contributed by atoms with E-state index >= 15 is 0 Å². The Bertz CT molecular complexity index is 468. The Hall–Kier alpha value is -1.34. The van der Waals surface area contributed by atoms with E-state index in [0.717, 1.165) is 0 Å². The second-order valence-electron chi connectivity index (χ2n) is 4.91. The van der Waals surface area contributed by atoms with Gasteiger partial charge in [-0.2, -0.15) is 0 Å². The van der Waals surface area contributed by atoms with E-state index in [1.807, 2.05) is 0 Å². The summed E-state index contributed by atoms with van der Waals surface area (Å²) in [6.07, 6.45) is 0.531. The van der Waals surface area contributed by atoms with Crippen molar-refractivity contribution in [1.82, 2.24) is 5.32 Å². The predicted octanol–water partition coefficient (Wildman–Crippen LogP) is 1.00. The fraction of sp³-hybridized carbons (Fsp3) is 0.533. The van der Waals surface area contributed by atoms with Crippen molar-refractivity contribution in [3.05, 3.63) is 29.3 Å². The van der Waals surface area contributed by atoms with Crippen molar-refractivity contribution in [3.8, 4) is 5.75 Å². The fourth-order valence-corrected chi connectivity index (χ4v) is 2.31. The zero-order valence-electron chi connectivity index (χ0n) is 12.2. The van der Waals surface area contributed by atoms with E-state index in [9.17, 15) is 4.79 Å². The lowest BCUT2D eigenvalue weighted by molar-refractivity contribution is -0.128. The summed E-state index contributed by atoms with van der Waals surface area (Å²) >= 11 is 5.78. The second kappa shape index (κ2) is 8.95. The molecular weight excluding hydrogens is 310 g/mol. The molecule has 1 heterocycles. The Morgan fingerprint density at radius 1 is 1.41 bits per heavy atom. The van der Waals surface area contributed by atoms with E-state index in [1.54, 1.807) is 24.3 Å². The van der Waals surface area contributed by atoms with Crippen LogP contribution in [0, 0.1) is 0 Å². The molecule has 0 aromatic heterocycles. The van der Waals surface area contributed by atoms with Gasteiger partial charge < -0.3 is 24.6 Å². The number of aliphatic hydroxyl groups excluding tert-OH is 1. The van der Waals surface area contributed by atoms with Crippen LogP contribution in [0.25, 0.3) is 0 Å². The Morgan fingerprint density at radius 3 is 2.91 bits per heavy atom. The van der Waals surface area contributed by atoms with E-state index in [-0.39, 0.29) is 37.9 Å². The molecule has 1 aliphatic rings. The van der Waals surface area contributed by atoms with Crippen molar-refractivity contribution in [2.45, 2.75) is 18.6 Å². The number of nitrogens with one attached hydrogen (secondary N) is 1. The molecule has 7 heteroatoms. The first-order valence-corrected chi connectivity index (χ1v) is 7.55. The van der Waals surface area contributed by atoms with Gasteiger partial charge in [-0.05, 0) is 30.7 Å².